The van der Waals surface area contributed by atoms with Gasteiger partial charge in [-0.3, -0.25) is 4.79 Å². The molecule has 1 aliphatic carbocycles. The van der Waals surface area contributed by atoms with Gasteiger partial charge < -0.3 is 9.64 Å². The van der Waals surface area contributed by atoms with E-state index in [2.05, 4.69) is 9.97 Å². The Hall–Kier alpha value is -2.16. The maximum Gasteiger partial charge on any atom is 0.251 e. The second kappa shape index (κ2) is 6.08. The summed E-state index contributed by atoms with van der Waals surface area (Å²) in [7, 11) is 0. The molecule has 21 heavy (non-hydrogen) atoms. The minimum atomic E-state index is -0.105. The van der Waals surface area contributed by atoms with Gasteiger partial charge in [0, 0.05) is 24.9 Å². The van der Waals surface area contributed by atoms with Gasteiger partial charge in [-0.25, -0.2) is 9.97 Å². The summed E-state index contributed by atoms with van der Waals surface area (Å²) < 4.78 is 5.80. The molecule has 2 fully saturated rings. The highest BCUT2D eigenvalue weighted by molar-refractivity contribution is 5.79. The van der Waals surface area contributed by atoms with Crippen LogP contribution in [-0.2, 0) is 4.79 Å². The molecule has 2 aliphatic rings. The Balaban J connectivity index is 1.63. The molecule has 110 valence electrons. The van der Waals surface area contributed by atoms with Crippen LogP contribution >= 0.6 is 0 Å². The lowest BCUT2D eigenvalue weighted by Gasteiger charge is -2.37. The van der Waals surface area contributed by atoms with Crippen LogP contribution in [0.25, 0.3) is 0 Å². The van der Waals surface area contributed by atoms with E-state index in [1.807, 2.05) is 11.0 Å². The fraction of sp³-hybridized carbons (Fsp3) is 0.600. The van der Waals surface area contributed by atoms with E-state index < -0.39 is 0 Å². The molecule has 1 amide bonds. The zero-order valence-electron chi connectivity index (χ0n) is 11.9. The highest BCUT2D eigenvalue weighted by atomic mass is 16.5. The second-order valence-corrected chi connectivity index (χ2v) is 5.62. The highest BCUT2D eigenvalue weighted by Crippen LogP contribution is 2.29. The van der Waals surface area contributed by atoms with Crippen LogP contribution in [0, 0.1) is 17.2 Å². The van der Waals surface area contributed by atoms with Crippen LogP contribution < -0.4 is 4.74 Å². The number of hydrogen-bond acceptors (Lipinski definition) is 5. The van der Waals surface area contributed by atoms with Crippen molar-refractivity contribution in [3.63, 3.8) is 0 Å². The number of nitrogens with zero attached hydrogens (tertiary/aromatic N) is 4. The van der Waals surface area contributed by atoms with Crippen LogP contribution in [-0.4, -0.2) is 40.0 Å². The molecule has 3 rings (SSSR count). The number of aromatic nitrogens is 2. The third-order valence-corrected chi connectivity index (χ3v) is 4.19. The normalized spacial score (nSPS) is 22.2. The number of hydrogen-bond donors (Lipinski definition) is 0. The van der Waals surface area contributed by atoms with E-state index in [0.29, 0.717) is 6.54 Å². The monoisotopic (exact) mass is 286 g/mol. The van der Waals surface area contributed by atoms with Gasteiger partial charge in [-0.2, -0.15) is 5.26 Å². The summed E-state index contributed by atoms with van der Waals surface area (Å²) in [6, 6.07) is 1.98. The minimum Gasteiger partial charge on any atom is -0.470 e. The largest absolute Gasteiger partial charge is 0.470 e. The van der Waals surface area contributed by atoms with Gasteiger partial charge in [0.25, 0.3) is 5.88 Å². The average Bonchev–Trinajstić information content (AvgIpc) is 2.46. The summed E-state index contributed by atoms with van der Waals surface area (Å²) in [6.45, 7) is 1.39. The quantitative estimate of drug-likeness (QED) is 0.841. The summed E-state index contributed by atoms with van der Waals surface area (Å²) in [4.78, 5) is 22.2. The van der Waals surface area contributed by atoms with Crippen molar-refractivity contribution in [3.8, 4) is 11.9 Å². The molecular formula is C15H18N4O2. The molecule has 0 spiro atoms. The summed E-state index contributed by atoms with van der Waals surface area (Å²) in [5.74, 6) is 0.743. The lowest BCUT2D eigenvalue weighted by atomic mass is 9.84. The number of carbonyl (C=O) groups excluding carboxylic acids is 1. The van der Waals surface area contributed by atoms with Gasteiger partial charge >= 0.3 is 0 Å². The highest BCUT2D eigenvalue weighted by Gasteiger charge is 2.33. The van der Waals surface area contributed by atoms with Gasteiger partial charge in [-0.15, -0.1) is 0 Å². The maximum atomic E-state index is 12.3. The summed E-state index contributed by atoms with van der Waals surface area (Å²) in [5, 5.41) is 9.00. The smallest absolute Gasteiger partial charge is 0.251 e. The Morgan fingerprint density at radius 1 is 1.29 bits per heavy atom. The molecule has 1 saturated carbocycles. The first-order valence-electron chi connectivity index (χ1n) is 7.44. The van der Waals surface area contributed by atoms with Crippen molar-refractivity contribution >= 4 is 5.91 Å². The molecule has 1 saturated heterocycles. The third kappa shape index (κ3) is 2.97. The Morgan fingerprint density at radius 2 is 2.10 bits per heavy atom. The molecule has 0 N–H and O–H groups in total. The molecule has 1 aromatic heterocycles. The second-order valence-electron chi connectivity index (χ2n) is 5.62. The predicted octanol–water partition coefficient (Wildman–Crippen LogP) is 1.52. The first-order valence-corrected chi connectivity index (χ1v) is 7.44. The van der Waals surface area contributed by atoms with E-state index in [1.54, 1.807) is 0 Å². The number of likely N-dealkylation sites (tertiary alicyclic amines) is 1. The Kier molecular flexibility index (Phi) is 4.00. The fourth-order valence-corrected chi connectivity index (χ4v) is 2.79. The first kappa shape index (κ1) is 13.8. The molecule has 0 radical (unpaired) electrons. The molecule has 1 unspecified atom stereocenters. The topological polar surface area (TPSA) is 79.1 Å². The Morgan fingerprint density at radius 3 is 2.81 bits per heavy atom. The molecule has 1 aromatic rings. The molecule has 1 aliphatic heterocycles. The maximum absolute atomic E-state index is 12.3. The zero-order valence-corrected chi connectivity index (χ0v) is 11.9. The van der Waals surface area contributed by atoms with Crippen LogP contribution in [0.1, 0.15) is 37.8 Å². The van der Waals surface area contributed by atoms with Gasteiger partial charge in [0.15, 0.2) is 0 Å². The number of ether oxygens (including phenoxy) is 1. The predicted molar refractivity (Wildman–Crippen MR) is 74.3 cm³/mol. The molecular weight excluding hydrogens is 268 g/mol. The van der Waals surface area contributed by atoms with E-state index >= 15 is 0 Å². The number of rotatable bonds is 3. The average molecular weight is 286 g/mol. The Bertz CT molecular complexity index is 565. The SMILES string of the molecule is N#Cc1nccnc1OC1CCCN(C(=O)C2CCC2)C1. The molecule has 1 atom stereocenters. The number of carbonyl (C=O) groups is 1. The van der Waals surface area contributed by atoms with Crippen molar-refractivity contribution in [2.45, 2.75) is 38.2 Å². The van der Waals surface area contributed by atoms with Crippen molar-refractivity contribution in [1.82, 2.24) is 14.9 Å². The number of piperidine rings is 1. The zero-order chi connectivity index (χ0) is 14.7. The van der Waals surface area contributed by atoms with Crippen molar-refractivity contribution < 1.29 is 9.53 Å². The van der Waals surface area contributed by atoms with E-state index in [-0.39, 0.29) is 29.5 Å². The first-order chi connectivity index (χ1) is 10.3. The van der Waals surface area contributed by atoms with Crippen LogP contribution in [0.3, 0.4) is 0 Å². The lowest BCUT2D eigenvalue weighted by Crippen LogP contribution is -2.47. The van der Waals surface area contributed by atoms with Crippen molar-refractivity contribution in [2.24, 2.45) is 5.92 Å². The summed E-state index contributed by atoms with van der Waals surface area (Å²) >= 11 is 0. The van der Waals surface area contributed by atoms with Gasteiger partial charge in [0.05, 0.1) is 6.54 Å². The summed E-state index contributed by atoms with van der Waals surface area (Å²) in [5.41, 5.74) is 0.194. The van der Waals surface area contributed by atoms with Crippen molar-refractivity contribution in [3.05, 3.63) is 18.1 Å². The summed E-state index contributed by atoms with van der Waals surface area (Å²) in [6.07, 6.45) is 7.87. The van der Waals surface area contributed by atoms with Crippen molar-refractivity contribution in [1.29, 1.82) is 5.26 Å². The van der Waals surface area contributed by atoms with Gasteiger partial charge in [-0.05, 0) is 25.7 Å². The van der Waals surface area contributed by atoms with Crippen molar-refractivity contribution in [2.75, 3.05) is 13.1 Å². The van der Waals surface area contributed by atoms with Crippen LogP contribution in [0.2, 0.25) is 0 Å². The third-order valence-electron chi connectivity index (χ3n) is 4.19. The van der Waals surface area contributed by atoms with E-state index in [4.69, 9.17) is 10.00 Å². The number of amides is 1. The molecule has 2 heterocycles. The van der Waals surface area contributed by atoms with Gasteiger partial charge in [0.1, 0.15) is 12.2 Å². The van der Waals surface area contributed by atoms with Gasteiger partial charge in [-0.1, -0.05) is 6.42 Å². The van der Waals surface area contributed by atoms with Crippen LogP contribution in [0.15, 0.2) is 12.4 Å². The molecule has 0 bridgehead atoms. The molecule has 6 nitrogen and oxygen atoms in total. The number of nitriles is 1. The van der Waals surface area contributed by atoms with Crippen LogP contribution in [0.5, 0.6) is 5.88 Å². The standard InChI is InChI=1S/C15H18N4O2/c16-9-13-14(18-7-6-17-13)21-12-5-2-8-19(10-12)15(20)11-3-1-4-11/h6-7,11-12H,1-5,8,10H2. The van der Waals surface area contributed by atoms with Crippen LogP contribution in [0.4, 0.5) is 0 Å². The fourth-order valence-electron chi connectivity index (χ4n) is 2.79. The lowest BCUT2D eigenvalue weighted by molar-refractivity contribution is -0.140. The Labute approximate surface area is 123 Å². The van der Waals surface area contributed by atoms with E-state index in [9.17, 15) is 4.79 Å². The van der Waals surface area contributed by atoms with Gasteiger partial charge in [0.2, 0.25) is 11.6 Å². The molecule has 6 heteroatoms. The van der Waals surface area contributed by atoms with E-state index in [0.717, 1.165) is 38.6 Å². The molecule has 0 aromatic carbocycles. The van der Waals surface area contributed by atoms with E-state index in [1.165, 1.54) is 12.4 Å². The minimum absolute atomic E-state index is 0.105.